The molecule has 2 aromatic rings. The first-order valence-electron chi connectivity index (χ1n) is 18.1. The average Bonchev–Trinajstić information content (AvgIpc) is 3.35. The van der Waals surface area contributed by atoms with E-state index in [2.05, 4.69) is 86.4 Å². The summed E-state index contributed by atoms with van der Waals surface area (Å²) in [6.45, 7) is 28.5. The van der Waals surface area contributed by atoms with Crippen molar-refractivity contribution in [2.45, 2.75) is 147 Å². The lowest BCUT2D eigenvalue weighted by Gasteiger charge is -2.52. The lowest BCUT2D eigenvalue weighted by atomic mass is 9.60. The second-order valence-corrected chi connectivity index (χ2v) is 27.5. The van der Waals surface area contributed by atoms with Crippen molar-refractivity contribution in [3.05, 3.63) is 65.9 Å². The summed E-state index contributed by atoms with van der Waals surface area (Å²) in [5.74, 6) is -0.319. The molecule has 0 aliphatic heterocycles. The molecular formula is C40H64O5Si2. The molecule has 6 atom stereocenters. The number of carbonyl (C=O) groups is 1. The lowest BCUT2D eigenvalue weighted by molar-refractivity contribution is -0.143. The van der Waals surface area contributed by atoms with Gasteiger partial charge in [0.1, 0.15) is 13.9 Å². The molecule has 5 nitrogen and oxygen atoms in total. The number of ketones is 1. The molecule has 1 heterocycles. The summed E-state index contributed by atoms with van der Waals surface area (Å²) < 4.78 is 19.8. The molecule has 1 aromatic heterocycles. The number of hydrogen-bond acceptors (Lipinski definition) is 5. The van der Waals surface area contributed by atoms with Gasteiger partial charge in [0.25, 0.3) is 0 Å². The Morgan fingerprint density at radius 1 is 0.936 bits per heavy atom. The van der Waals surface area contributed by atoms with Gasteiger partial charge in [-0.3, -0.25) is 4.79 Å². The number of furan rings is 1. The Morgan fingerprint density at radius 3 is 2.21 bits per heavy atom. The van der Waals surface area contributed by atoms with Crippen molar-refractivity contribution in [1.29, 1.82) is 0 Å². The summed E-state index contributed by atoms with van der Waals surface area (Å²) in [7, 11) is -4.37. The highest BCUT2D eigenvalue weighted by molar-refractivity contribution is 6.91. The number of rotatable bonds is 14. The summed E-state index contributed by atoms with van der Waals surface area (Å²) in [5, 5.41) is 13.3. The first-order chi connectivity index (χ1) is 21.9. The van der Waals surface area contributed by atoms with E-state index in [4.69, 9.17) is 13.6 Å². The maximum absolute atomic E-state index is 14.5. The van der Waals surface area contributed by atoms with Gasteiger partial charge >= 0.3 is 0 Å². The molecule has 0 radical (unpaired) electrons. The number of hydrogen-bond donors (Lipinski definition) is 1. The third-order valence-electron chi connectivity index (χ3n) is 12.3. The number of carbonyl (C=O) groups excluding carboxylic acids is 1. The molecule has 47 heavy (non-hydrogen) atoms. The normalized spacial score (nSPS) is 25.4. The van der Waals surface area contributed by atoms with Crippen LogP contribution in [-0.2, 0) is 27.0 Å². The van der Waals surface area contributed by atoms with Crippen molar-refractivity contribution in [1.82, 2.24) is 0 Å². The minimum Gasteiger partial charge on any atom is -0.474 e. The minimum atomic E-state index is -2.29. The van der Waals surface area contributed by atoms with Crippen LogP contribution in [0.3, 0.4) is 0 Å². The van der Waals surface area contributed by atoms with Crippen LogP contribution in [0, 0.1) is 17.8 Å². The summed E-state index contributed by atoms with van der Waals surface area (Å²) in [6.07, 6.45) is 9.09. The Kier molecular flexibility index (Phi) is 12.1. The molecule has 1 fully saturated rings. The standard InChI is InChI=1S/C40H64O5Si2/c1-12-20-29-30(23-18-13-14-19-24-43-26-28-21-16-15-17-22-28)36(42)35-33(41)25-31-32(27-44-38(31)46(8,9)39(2,3)4)34(29)37(35)45-47(10,11)40(5,6)7/h12,15-17,21-22,27,29-30,34-37,42H,1,13-14,18-20,23-26H2,2-11H3/t29-,30-,34-,35-,36-,37+/m0/s1. The second-order valence-electron chi connectivity index (χ2n) is 17.5. The third-order valence-corrected chi connectivity index (χ3v) is 22.1. The SMILES string of the molecule is C=CC[C@H]1[C@H](CCCCCCOCc2ccccc2)[C@H](O)[C@@H]2C(=O)Cc3c(coc3[Si](C)(C)C(C)(C)C)[C@H]1[C@H]2O[Si](C)(C)C(C)(C)C. The number of fused-ring (bicyclic) bond motifs is 4. The van der Waals surface area contributed by atoms with Gasteiger partial charge in [0.05, 0.1) is 36.4 Å². The van der Waals surface area contributed by atoms with Crippen LogP contribution in [-0.4, -0.2) is 46.1 Å². The fraction of sp³-hybridized carbons (Fsp3) is 0.675. The highest BCUT2D eigenvalue weighted by Gasteiger charge is 2.58. The van der Waals surface area contributed by atoms with Gasteiger partial charge in [0, 0.05) is 18.9 Å². The maximum Gasteiger partial charge on any atom is 0.192 e. The van der Waals surface area contributed by atoms with E-state index in [0.717, 1.165) is 61.6 Å². The largest absolute Gasteiger partial charge is 0.474 e. The second kappa shape index (κ2) is 15.0. The van der Waals surface area contributed by atoms with Crippen LogP contribution in [0.25, 0.3) is 0 Å². The number of allylic oxidation sites excluding steroid dienone is 1. The number of unbranched alkanes of at least 4 members (excludes halogenated alkanes) is 3. The van der Waals surface area contributed by atoms with Crippen molar-refractivity contribution in [3.8, 4) is 0 Å². The summed E-state index contributed by atoms with van der Waals surface area (Å²) in [6, 6.07) is 10.3. The molecule has 4 rings (SSSR count). The van der Waals surface area contributed by atoms with Crippen LogP contribution in [0.5, 0.6) is 0 Å². The number of benzene rings is 1. The topological polar surface area (TPSA) is 68.9 Å². The zero-order valence-corrected chi connectivity index (χ0v) is 33.2. The molecule has 2 aliphatic rings. The van der Waals surface area contributed by atoms with Gasteiger partial charge in [-0.2, -0.15) is 0 Å². The van der Waals surface area contributed by atoms with E-state index >= 15 is 0 Å². The van der Waals surface area contributed by atoms with E-state index in [9.17, 15) is 9.90 Å². The first kappa shape index (κ1) is 38.0. The third kappa shape index (κ3) is 8.17. The maximum atomic E-state index is 14.5. The van der Waals surface area contributed by atoms with Crippen LogP contribution in [0.1, 0.15) is 103 Å². The molecule has 1 N–H and O–H groups in total. The molecule has 2 bridgehead atoms. The predicted molar refractivity (Wildman–Crippen MR) is 200 cm³/mol. The summed E-state index contributed by atoms with van der Waals surface area (Å²) in [4.78, 5) is 14.5. The van der Waals surface area contributed by atoms with Crippen LogP contribution < -0.4 is 5.38 Å². The highest BCUT2D eigenvalue weighted by atomic mass is 28.4. The molecule has 0 amide bonds. The van der Waals surface area contributed by atoms with Crippen LogP contribution in [0.15, 0.2) is 53.7 Å². The number of ether oxygens (including phenoxy) is 1. The highest BCUT2D eigenvalue weighted by Crippen LogP contribution is 2.54. The van der Waals surface area contributed by atoms with Gasteiger partial charge in [0.15, 0.2) is 8.32 Å². The number of Topliss-reactive ketones (excluding diaryl/α,β-unsaturated/α-hetero) is 1. The Labute approximate surface area is 288 Å². The molecule has 0 spiro atoms. The Bertz CT molecular complexity index is 1330. The molecule has 1 aromatic carbocycles. The fourth-order valence-corrected chi connectivity index (χ4v) is 10.9. The summed E-state index contributed by atoms with van der Waals surface area (Å²) >= 11 is 0. The van der Waals surface area contributed by atoms with Crippen LogP contribution in [0.4, 0.5) is 0 Å². The number of aliphatic hydroxyl groups is 1. The van der Waals surface area contributed by atoms with Gasteiger partial charge in [-0.1, -0.05) is 110 Å². The van der Waals surface area contributed by atoms with E-state index in [0.29, 0.717) is 13.0 Å². The van der Waals surface area contributed by atoms with E-state index in [1.165, 1.54) is 5.56 Å². The van der Waals surface area contributed by atoms with Crippen LogP contribution in [0.2, 0.25) is 36.3 Å². The average molecular weight is 681 g/mol. The van der Waals surface area contributed by atoms with Gasteiger partial charge in [-0.05, 0) is 71.0 Å². The fourth-order valence-electron chi connectivity index (χ4n) is 7.51. The Balaban J connectivity index is 1.60. The zero-order chi connectivity index (χ0) is 34.8. The molecule has 2 aliphatic carbocycles. The van der Waals surface area contributed by atoms with Gasteiger partial charge < -0.3 is 18.7 Å². The quantitative estimate of drug-likeness (QED) is 0.122. The molecule has 1 saturated carbocycles. The minimum absolute atomic E-state index is 0.00211. The Hall–Kier alpha value is -1.78. The molecule has 262 valence electrons. The van der Waals surface area contributed by atoms with E-state index in [1.807, 2.05) is 30.5 Å². The van der Waals surface area contributed by atoms with E-state index in [-0.39, 0.29) is 39.7 Å². The van der Waals surface area contributed by atoms with E-state index < -0.39 is 28.4 Å². The zero-order valence-electron chi connectivity index (χ0n) is 31.2. The molecule has 0 saturated heterocycles. The molecule has 0 unspecified atom stereocenters. The smallest absolute Gasteiger partial charge is 0.192 e. The van der Waals surface area contributed by atoms with Gasteiger partial charge in [0.2, 0.25) is 0 Å². The van der Waals surface area contributed by atoms with Crippen LogP contribution >= 0.6 is 0 Å². The van der Waals surface area contributed by atoms with Crippen molar-refractivity contribution in [2.24, 2.45) is 17.8 Å². The van der Waals surface area contributed by atoms with Crippen molar-refractivity contribution in [3.63, 3.8) is 0 Å². The molecular weight excluding hydrogens is 617 g/mol. The number of aliphatic hydroxyl groups excluding tert-OH is 1. The Morgan fingerprint density at radius 2 is 1.60 bits per heavy atom. The monoisotopic (exact) mass is 680 g/mol. The van der Waals surface area contributed by atoms with Crippen molar-refractivity contribution in [2.75, 3.05) is 6.61 Å². The van der Waals surface area contributed by atoms with Crippen molar-refractivity contribution < 1.29 is 23.5 Å². The van der Waals surface area contributed by atoms with Gasteiger partial charge in [-0.15, -0.1) is 6.58 Å². The lowest BCUT2D eigenvalue weighted by Crippen LogP contribution is -2.58. The van der Waals surface area contributed by atoms with Crippen molar-refractivity contribution >= 4 is 27.6 Å². The first-order valence-corrected chi connectivity index (χ1v) is 24.0. The van der Waals surface area contributed by atoms with E-state index in [1.54, 1.807) is 0 Å². The predicted octanol–water partition coefficient (Wildman–Crippen LogP) is 9.56. The molecule has 7 heteroatoms. The summed E-state index contributed by atoms with van der Waals surface area (Å²) in [5.41, 5.74) is 3.45. The van der Waals surface area contributed by atoms with Gasteiger partial charge in [-0.25, -0.2) is 0 Å².